The first-order valence-corrected chi connectivity index (χ1v) is 13.2. The zero-order valence-electron chi connectivity index (χ0n) is 21.6. The minimum atomic E-state index is 0.0488. The third-order valence-electron chi connectivity index (χ3n) is 6.91. The van der Waals surface area contributed by atoms with E-state index in [1.165, 1.54) is 0 Å². The molecule has 190 valence electrons. The maximum absolute atomic E-state index is 12.9. The fraction of sp³-hybridized carbons (Fsp3) is 0.333. The van der Waals surface area contributed by atoms with Gasteiger partial charge >= 0.3 is 0 Å². The Hall–Kier alpha value is -4.00. The quantitative estimate of drug-likeness (QED) is 0.319. The van der Waals surface area contributed by atoms with Crippen molar-refractivity contribution in [2.45, 2.75) is 39.0 Å². The predicted molar refractivity (Wildman–Crippen MR) is 149 cm³/mol. The van der Waals surface area contributed by atoms with E-state index in [-0.39, 0.29) is 11.8 Å². The maximum Gasteiger partial charge on any atom is 0.246 e. The number of hydrogen-bond donors (Lipinski definition) is 0. The van der Waals surface area contributed by atoms with Crippen LogP contribution >= 0.6 is 0 Å². The van der Waals surface area contributed by atoms with Crippen LogP contribution in [0.25, 0.3) is 22.8 Å². The number of nitrogens with zero attached hydrogens (tertiary/aromatic N) is 6. The lowest BCUT2D eigenvalue weighted by atomic mass is 10.1. The highest BCUT2D eigenvalue weighted by molar-refractivity contribution is 5.92. The Balaban J connectivity index is 1.42. The van der Waals surface area contributed by atoms with E-state index in [1.54, 1.807) is 6.08 Å². The van der Waals surface area contributed by atoms with E-state index in [4.69, 9.17) is 15.1 Å². The van der Waals surface area contributed by atoms with Gasteiger partial charge in [0.05, 0.1) is 17.3 Å². The van der Waals surface area contributed by atoms with Crippen molar-refractivity contribution in [3.05, 3.63) is 84.3 Å². The Labute approximate surface area is 218 Å². The first-order valence-electron chi connectivity index (χ1n) is 13.2. The van der Waals surface area contributed by atoms with Crippen molar-refractivity contribution in [3.63, 3.8) is 0 Å². The van der Waals surface area contributed by atoms with Crippen molar-refractivity contribution in [1.29, 1.82) is 0 Å². The molecule has 0 bridgehead atoms. The van der Waals surface area contributed by atoms with Gasteiger partial charge in [-0.3, -0.25) is 4.79 Å². The van der Waals surface area contributed by atoms with Crippen molar-refractivity contribution in [2.75, 3.05) is 31.1 Å². The molecule has 7 heteroatoms. The van der Waals surface area contributed by atoms with E-state index < -0.39 is 0 Å². The van der Waals surface area contributed by atoms with E-state index in [1.807, 2.05) is 82.5 Å². The molecule has 0 radical (unpaired) electrons. The summed E-state index contributed by atoms with van der Waals surface area (Å²) in [6.07, 6.45) is 8.43. The summed E-state index contributed by atoms with van der Waals surface area (Å²) in [4.78, 5) is 27.3. The van der Waals surface area contributed by atoms with Crippen LogP contribution in [0.5, 0.6) is 0 Å². The summed E-state index contributed by atoms with van der Waals surface area (Å²) in [5.41, 5.74) is 2.84. The molecule has 1 atom stereocenters. The van der Waals surface area contributed by atoms with Gasteiger partial charge < -0.3 is 9.80 Å². The summed E-state index contributed by atoms with van der Waals surface area (Å²) in [7, 11) is 0. The number of para-hydroxylation sites is 1. The second kappa shape index (κ2) is 11.4. The Morgan fingerprint density at radius 2 is 1.73 bits per heavy atom. The van der Waals surface area contributed by atoms with Crippen LogP contribution in [0.15, 0.2) is 72.9 Å². The maximum atomic E-state index is 12.9. The minimum Gasteiger partial charge on any atom is -0.354 e. The monoisotopic (exact) mass is 494 g/mol. The highest BCUT2D eigenvalue weighted by Crippen LogP contribution is 2.29. The van der Waals surface area contributed by atoms with Crippen molar-refractivity contribution in [2.24, 2.45) is 0 Å². The normalized spacial score (nSPS) is 15.3. The van der Waals surface area contributed by atoms with Crippen molar-refractivity contribution in [3.8, 4) is 5.69 Å². The zero-order valence-corrected chi connectivity index (χ0v) is 21.6. The molecule has 3 heterocycles. The number of amides is 1. The molecule has 4 aromatic rings. The molecule has 0 spiro atoms. The summed E-state index contributed by atoms with van der Waals surface area (Å²) >= 11 is 0. The largest absolute Gasteiger partial charge is 0.354 e. The Bertz CT molecular complexity index is 1370. The summed E-state index contributed by atoms with van der Waals surface area (Å²) in [5.74, 6) is 2.07. The fourth-order valence-electron chi connectivity index (χ4n) is 4.88. The molecule has 0 saturated carbocycles. The molecule has 37 heavy (non-hydrogen) atoms. The highest BCUT2D eigenvalue weighted by Gasteiger charge is 2.24. The average molecular weight is 495 g/mol. The number of rotatable bonds is 7. The number of benzene rings is 2. The SMILES string of the molecule is CCCC(C)c1nc(N2CCCN(C(=O)/C=C/c3ccccc3)CC2)c2cnn(-c3ccccc3)c2n1. The lowest BCUT2D eigenvalue weighted by Gasteiger charge is -2.24. The fourth-order valence-corrected chi connectivity index (χ4v) is 4.88. The molecule has 1 fully saturated rings. The highest BCUT2D eigenvalue weighted by atomic mass is 16.2. The Morgan fingerprint density at radius 3 is 2.49 bits per heavy atom. The van der Waals surface area contributed by atoms with Crippen molar-refractivity contribution in [1.82, 2.24) is 24.6 Å². The molecule has 1 unspecified atom stereocenters. The number of anilines is 1. The Kier molecular flexibility index (Phi) is 7.59. The van der Waals surface area contributed by atoms with Gasteiger partial charge in [0, 0.05) is 38.2 Å². The molecule has 1 saturated heterocycles. The van der Waals surface area contributed by atoms with Gasteiger partial charge in [-0.1, -0.05) is 68.8 Å². The predicted octanol–water partition coefficient (Wildman–Crippen LogP) is 5.47. The molecular weight excluding hydrogens is 460 g/mol. The Morgan fingerprint density at radius 1 is 0.973 bits per heavy atom. The van der Waals surface area contributed by atoms with Crippen LogP contribution in [-0.4, -0.2) is 56.7 Å². The molecule has 7 nitrogen and oxygen atoms in total. The smallest absolute Gasteiger partial charge is 0.246 e. The summed E-state index contributed by atoms with van der Waals surface area (Å²) in [6, 6.07) is 20.0. The average Bonchev–Trinajstić information content (AvgIpc) is 3.21. The number of hydrogen-bond acceptors (Lipinski definition) is 5. The van der Waals surface area contributed by atoms with Gasteiger partial charge in [0.15, 0.2) is 5.65 Å². The van der Waals surface area contributed by atoms with Crippen LogP contribution < -0.4 is 4.90 Å². The van der Waals surface area contributed by atoms with Crippen LogP contribution in [0.3, 0.4) is 0 Å². The van der Waals surface area contributed by atoms with Crippen LogP contribution in [-0.2, 0) is 4.79 Å². The number of fused-ring (bicyclic) bond motifs is 1. The van der Waals surface area contributed by atoms with Crippen LogP contribution in [0.1, 0.15) is 50.4 Å². The second-order valence-corrected chi connectivity index (χ2v) is 9.63. The lowest BCUT2D eigenvalue weighted by molar-refractivity contribution is -0.125. The molecule has 1 aliphatic rings. The molecule has 2 aromatic heterocycles. The standard InChI is InChI=1S/C30H34N6O/c1-3-11-23(2)28-32-29(26-22-31-36(30(26)33-28)25-14-8-5-9-15-25)35-19-10-18-34(20-21-35)27(37)17-16-24-12-6-4-7-13-24/h4-9,12-17,22-23H,3,10-11,18-21H2,1-2H3/b17-16+. The van der Waals surface area contributed by atoms with Crippen LogP contribution in [0.2, 0.25) is 0 Å². The third kappa shape index (κ3) is 5.56. The first-order chi connectivity index (χ1) is 18.1. The van der Waals surface area contributed by atoms with Gasteiger partial charge in [-0.25, -0.2) is 14.6 Å². The van der Waals surface area contributed by atoms with E-state index in [2.05, 4.69) is 18.7 Å². The van der Waals surface area contributed by atoms with Crippen LogP contribution in [0.4, 0.5) is 5.82 Å². The molecule has 1 amide bonds. The van der Waals surface area contributed by atoms with Gasteiger partial charge in [-0.05, 0) is 36.6 Å². The molecule has 0 aliphatic carbocycles. The molecule has 1 aliphatic heterocycles. The van der Waals surface area contributed by atoms with E-state index in [0.717, 1.165) is 72.8 Å². The molecule has 0 N–H and O–H groups in total. The lowest BCUT2D eigenvalue weighted by Crippen LogP contribution is -2.34. The zero-order chi connectivity index (χ0) is 25.6. The van der Waals surface area contributed by atoms with Gasteiger partial charge in [0.25, 0.3) is 0 Å². The van der Waals surface area contributed by atoms with Gasteiger partial charge in [0.2, 0.25) is 5.91 Å². The second-order valence-electron chi connectivity index (χ2n) is 9.63. The van der Waals surface area contributed by atoms with Crippen molar-refractivity contribution >= 4 is 28.8 Å². The van der Waals surface area contributed by atoms with Gasteiger partial charge in [-0.2, -0.15) is 5.10 Å². The summed E-state index contributed by atoms with van der Waals surface area (Å²) < 4.78 is 1.91. The summed E-state index contributed by atoms with van der Waals surface area (Å²) in [6.45, 7) is 7.31. The number of carbonyl (C=O) groups excluding carboxylic acids is 1. The van der Waals surface area contributed by atoms with Crippen LogP contribution in [0, 0.1) is 0 Å². The van der Waals surface area contributed by atoms with Crippen molar-refractivity contribution < 1.29 is 4.79 Å². The summed E-state index contributed by atoms with van der Waals surface area (Å²) in [5, 5.41) is 5.65. The topological polar surface area (TPSA) is 67.2 Å². The minimum absolute atomic E-state index is 0.0488. The van der Waals surface area contributed by atoms with E-state index in [0.29, 0.717) is 6.54 Å². The van der Waals surface area contributed by atoms with Gasteiger partial charge in [-0.15, -0.1) is 0 Å². The molecule has 2 aromatic carbocycles. The van der Waals surface area contributed by atoms with Gasteiger partial charge in [0.1, 0.15) is 11.6 Å². The van der Waals surface area contributed by atoms with E-state index in [9.17, 15) is 4.79 Å². The number of aromatic nitrogens is 4. The molecular formula is C30H34N6O. The molecule has 5 rings (SSSR count). The van der Waals surface area contributed by atoms with E-state index >= 15 is 0 Å². The number of carbonyl (C=O) groups is 1. The first kappa shape index (κ1) is 24.7. The third-order valence-corrected chi connectivity index (χ3v) is 6.91.